The molecule has 26 heavy (non-hydrogen) atoms. The average Bonchev–Trinajstić information content (AvgIpc) is 2.70. The molecular formula is C20H28N4O2. The monoisotopic (exact) mass is 356 g/mol. The molecule has 0 aliphatic heterocycles. The number of rotatable bonds is 10. The summed E-state index contributed by atoms with van der Waals surface area (Å²) < 4.78 is 10.8. The smallest absolute Gasteiger partial charge is 0.190 e. The molecule has 0 bridgehead atoms. The molecule has 0 amide bonds. The van der Waals surface area contributed by atoms with Crippen LogP contribution in [0.4, 0.5) is 0 Å². The summed E-state index contributed by atoms with van der Waals surface area (Å²) in [6, 6.07) is 13.9. The third-order valence-corrected chi connectivity index (χ3v) is 3.81. The zero-order valence-electron chi connectivity index (χ0n) is 15.6. The lowest BCUT2D eigenvalue weighted by molar-refractivity contribution is 0.119. The summed E-state index contributed by atoms with van der Waals surface area (Å²) in [7, 11) is 3.44. The average molecular weight is 356 g/mol. The van der Waals surface area contributed by atoms with Crippen LogP contribution in [0.15, 0.2) is 53.7 Å². The van der Waals surface area contributed by atoms with E-state index in [-0.39, 0.29) is 0 Å². The second-order valence-corrected chi connectivity index (χ2v) is 5.75. The van der Waals surface area contributed by atoms with E-state index in [4.69, 9.17) is 9.47 Å². The molecule has 0 radical (unpaired) electrons. The highest BCUT2D eigenvalue weighted by molar-refractivity contribution is 5.79. The van der Waals surface area contributed by atoms with Gasteiger partial charge in [0.1, 0.15) is 5.75 Å². The molecule has 0 saturated carbocycles. The van der Waals surface area contributed by atoms with Crippen LogP contribution >= 0.6 is 0 Å². The van der Waals surface area contributed by atoms with Gasteiger partial charge in [-0.25, -0.2) is 0 Å². The summed E-state index contributed by atoms with van der Waals surface area (Å²) >= 11 is 0. The number of nitrogens with one attached hydrogen (secondary N) is 2. The van der Waals surface area contributed by atoms with Crippen molar-refractivity contribution in [1.29, 1.82) is 0 Å². The molecule has 0 aliphatic rings. The number of guanidine groups is 1. The van der Waals surface area contributed by atoms with Crippen molar-refractivity contribution in [3.05, 3.63) is 59.9 Å². The fourth-order valence-corrected chi connectivity index (χ4v) is 2.37. The van der Waals surface area contributed by atoms with Crippen LogP contribution in [-0.2, 0) is 17.8 Å². The molecule has 0 fully saturated rings. The highest BCUT2D eigenvalue weighted by Gasteiger charge is 1.99. The zero-order chi connectivity index (χ0) is 18.5. The van der Waals surface area contributed by atoms with Gasteiger partial charge in [0.25, 0.3) is 0 Å². The molecule has 0 saturated heterocycles. The van der Waals surface area contributed by atoms with E-state index < -0.39 is 0 Å². The van der Waals surface area contributed by atoms with Crippen molar-refractivity contribution < 1.29 is 9.47 Å². The van der Waals surface area contributed by atoms with E-state index in [1.807, 2.05) is 48.7 Å². The van der Waals surface area contributed by atoms with Gasteiger partial charge in [-0.1, -0.05) is 18.2 Å². The Morgan fingerprint density at radius 1 is 1.08 bits per heavy atom. The minimum Gasteiger partial charge on any atom is -0.497 e. The lowest BCUT2D eigenvalue weighted by atomic mass is 10.2. The Hall–Kier alpha value is -2.60. The zero-order valence-corrected chi connectivity index (χ0v) is 15.6. The standard InChI is InChI=1S/C20H28N4O2/c1-21-20(24-14-11-18-6-3-4-12-22-18)23-13-5-15-26-16-17-7-9-19(25-2)10-8-17/h3-4,6-10,12H,5,11,13-16H2,1-2H3,(H2,21,23,24). The first-order chi connectivity index (χ1) is 12.8. The van der Waals surface area contributed by atoms with Gasteiger partial charge in [0.05, 0.1) is 13.7 Å². The maximum absolute atomic E-state index is 5.70. The number of hydrogen-bond donors (Lipinski definition) is 2. The van der Waals surface area contributed by atoms with E-state index in [1.165, 1.54) is 0 Å². The molecule has 2 N–H and O–H groups in total. The van der Waals surface area contributed by atoms with E-state index in [1.54, 1.807) is 14.2 Å². The largest absolute Gasteiger partial charge is 0.497 e. The summed E-state index contributed by atoms with van der Waals surface area (Å²) in [4.78, 5) is 8.53. The quantitative estimate of drug-likeness (QED) is 0.389. The molecular weight excluding hydrogens is 328 g/mol. The van der Waals surface area contributed by atoms with E-state index >= 15 is 0 Å². The molecule has 1 aromatic heterocycles. The molecule has 0 unspecified atom stereocenters. The fourth-order valence-electron chi connectivity index (χ4n) is 2.37. The molecule has 2 rings (SSSR count). The van der Waals surface area contributed by atoms with Crippen LogP contribution in [0.2, 0.25) is 0 Å². The van der Waals surface area contributed by atoms with Crippen molar-refractivity contribution in [2.75, 3.05) is 33.9 Å². The van der Waals surface area contributed by atoms with Crippen molar-refractivity contribution in [1.82, 2.24) is 15.6 Å². The SMILES string of the molecule is CN=C(NCCCOCc1ccc(OC)cc1)NCCc1ccccn1. The number of hydrogen-bond acceptors (Lipinski definition) is 4. The van der Waals surface area contributed by atoms with Crippen molar-refractivity contribution in [2.45, 2.75) is 19.4 Å². The van der Waals surface area contributed by atoms with Crippen LogP contribution in [0.25, 0.3) is 0 Å². The summed E-state index contributed by atoms with van der Waals surface area (Å²) in [5, 5.41) is 6.58. The Bertz CT molecular complexity index is 645. The Morgan fingerprint density at radius 3 is 2.58 bits per heavy atom. The molecule has 0 spiro atoms. The van der Waals surface area contributed by atoms with Gasteiger partial charge in [-0.3, -0.25) is 9.98 Å². The second kappa shape index (κ2) is 11.9. The lowest BCUT2D eigenvalue weighted by Crippen LogP contribution is -2.39. The van der Waals surface area contributed by atoms with E-state index in [0.717, 1.165) is 48.9 Å². The Balaban J connectivity index is 1.53. The third-order valence-electron chi connectivity index (χ3n) is 3.81. The minimum atomic E-state index is 0.612. The van der Waals surface area contributed by atoms with Crippen molar-refractivity contribution in [3.63, 3.8) is 0 Å². The first-order valence-electron chi connectivity index (χ1n) is 8.87. The van der Waals surface area contributed by atoms with E-state index in [9.17, 15) is 0 Å². The molecule has 6 nitrogen and oxygen atoms in total. The van der Waals surface area contributed by atoms with Crippen LogP contribution in [0.5, 0.6) is 5.75 Å². The number of ether oxygens (including phenoxy) is 2. The topological polar surface area (TPSA) is 67.8 Å². The van der Waals surface area contributed by atoms with Crippen LogP contribution in [0.1, 0.15) is 17.7 Å². The predicted molar refractivity (Wildman–Crippen MR) is 105 cm³/mol. The highest BCUT2D eigenvalue weighted by atomic mass is 16.5. The fraction of sp³-hybridized carbons (Fsp3) is 0.400. The van der Waals surface area contributed by atoms with Gasteiger partial charge in [0.15, 0.2) is 5.96 Å². The molecule has 0 atom stereocenters. The Morgan fingerprint density at radius 2 is 1.88 bits per heavy atom. The number of methoxy groups -OCH3 is 1. The Kier molecular flexibility index (Phi) is 9.00. The van der Waals surface area contributed by atoms with Gasteiger partial charge in [0.2, 0.25) is 0 Å². The van der Waals surface area contributed by atoms with E-state index in [2.05, 4.69) is 20.6 Å². The molecule has 0 aliphatic carbocycles. The number of aromatic nitrogens is 1. The maximum atomic E-state index is 5.70. The van der Waals surface area contributed by atoms with Crippen molar-refractivity contribution >= 4 is 5.96 Å². The summed E-state index contributed by atoms with van der Waals surface area (Å²) in [5.74, 6) is 1.66. The number of nitrogens with zero attached hydrogens (tertiary/aromatic N) is 2. The van der Waals surface area contributed by atoms with Crippen molar-refractivity contribution in [2.24, 2.45) is 4.99 Å². The molecule has 1 heterocycles. The number of pyridine rings is 1. The molecule has 6 heteroatoms. The Labute approximate surface area is 155 Å². The highest BCUT2D eigenvalue weighted by Crippen LogP contribution is 2.11. The lowest BCUT2D eigenvalue weighted by Gasteiger charge is -2.12. The third kappa shape index (κ3) is 7.53. The van der Waals surface area contributed by atoms with E-state index in [0.29, 0.717) is 13.2 Å². The molecule has 2 aromatic rings. The van der Waals surface area contributed by atoms with Crippen LogP contribution in [0.3, 0.4) is 0 Å². The summed E-state index contributed by atoms with van der Waals surface area (Å²) in [5.41, 5.74) is 2.22. The van der Waals surface area contributed by atoms with Gasteiger partial charge >= 0.3 is 0 Å². The first kappa shape index (κ1) is 19.7. The predicted octanol–water partition coefficient (Wildman–Crippen LogP) is 2.40. The maximum Gasteiger partial charge on any atom is 0.190 e. The number of benzene rings is 1. The minimum absolute atomic E-state index is 0.612. The first-order valence-corrected chi connectivity index (χ1v) is 8.87. The van der Waals surface area contributed by atoms with Gasteiger partial charge in [-0.05, 0) is 36.2 Å². The van der Waals surface area contributed by atoms with Crippen LogP contribution in [0, 0.1) is 0 Å². The molecule has 1 aromatic carbocycles. The van der Waals surface area contributed by atoms with Gasteiger partial charge in [-0.15, -0.1) is 0 Å². The number of aliphatic imine (C=N–C) groups is 1. The van der Waals surface area contributed by atoms with Gasteiger partial charge in [-0.2, -0.15) is 0 Å². The summed E-state index contributed by atoms with van der Waals surface area (Å²) in [6.45, 7) is 2.92. The van der Waals surface area contributed by atoms with Gasteiger partial charge in [0, 0.05) is 45.1 Å². The normalized spacial score (nSPS) is 11.2. The van der Waals surface area contributed by atoms with Crippen LogP contribution in [-0.4, -0.2) is 44.8 Å². The molecule has 140 valence electrons. The van der Waals surface area contributed by atoms with Crippen molar-refractivity contribution in [3.8, 4) is 5.75 Å². The second-order valence-electron chi connectivity index (χ2n) is 5.75. The summed E-state index contributed by atoms with van der Waals surface area (Å²) in [6.07, 6.45) is 3.60. The van der Waals surface area contributed by atoms with Gasteiger partial charge < -0.3 is 20.1 Å². The van der Waals surface area contributed by atoms with Crippen LogP contribution < -0.4 is 15.4 Å².